The summed E-state index contributed by atoms with van der Waals surface area (Å²) in [5.74, 6) is 7.46. The number of nitrogens with one attached hydrogen (secondary N) is 1. The molecule has 0 bridgehead atoms. The Morgan fingerprint density at radius 1 is 0.959 bits per heavy atom. The van der Waals surface area contributed by atoms with Crippen LogP contribution in [0.1, 0.15) is 135 Å². The van der Waals surface area contributed by atoms with Gasteiger partial charge in [-0.3, -0.25) is 0 Å². The third kappa shape index (κ3) is 21.1. The number of rotatable bonds is 10. The molecule has 272 valence electrons. The molecular formula is C48H75N. The summed E-state index contributed by atoms with van der Waals surface area (Å²) in [7, 11) is 0. The van der Waals surface area contributed by atoms with Crippen LogP contribution >= 0.6 is 0 Å². The SMILES string of the molecule is C=C.C=C(NC(CC1C#CC/C(C)=C\C=C/1)C(=C)C)C1=C(C)C=C(CCC(C)C2=CC(C)=CC=C=C2)CC=C1C.CC.CC.CC.CCC. The normalized spacial score (nSPS) is 18.6. The van der Waals surface area contributed by atoms with Gasteiger partial charge in [0, 0.05) is 29.7 Å². The molecule has 0 amide bonds. The highest BCUT2D eigenvalue weighted by Gasteiger charge is 2.19. The van der Waals surface area contributed by atoms with Gasteiger partial charge in [-0.25, -0.2) is 0 Å². The molecule has 3 rings (SSSR count). The summed E-state index contributed by atoms with van der Waals surface area (Å²) in [6.45, 7) is 44.2. The summed E-state index contributed by atoms with van der Waals surface area (Å²) in [5, 5.41) is 3.72. The highest BCUT2D eigenvalue weighted by Crippen LogP contribution is 2.31. The highest BCUT2D eigenvalue weighted by molar-refractivity contribution is 5.52. The van der Waals surface area contributed by atoms with E-state index in [4.69, 9.17) is 0 Å². The molecule has 49 heavy (non-hydrogen) atoms. The molecular weight excluding hydrogens is 591 g/mol. The molecule has 0 radical (unpaired) electrons. The number of hydrogen-bond donors (Lipinski definition) is 1. The zero-order chi connectivity index (χ0) is 38.4. The van der Waals surface area contributed by atoms with Crippen molar-refractivity contribution < 1.29 is 0 Å². The minimum atomic E-state index is 0.115. The quantitative estimate of drug-likeness (QED) is 0.139. The van der Waals surface area contributed by atoms with E-state index in [2.05, 4.69) is 153 Å². The summed E-state index contributed by atoms with van der Waals surface area (Å²) in [6, 6.07) is 0.115. The molecule has 1 N–H and O–H groups in total. The van der Waals surface area contributed by atoms with E-state index in [9.17, 15) is 0 Å². The summed E-state index contributed by atoms with van der Waals surface area (Å²) in [5.41, 5.74) is 14.6. The molecule has 0 saturated carbocycles. The zero-order valence-electron chi connectivity index (χ0n) is 34.5. The third-order valence-corrected chi connectivity index (χ3v) is 7.55. The lowest BCUT2D eigenvalue weighted by Crippen LogP contribution is -2.31. The van der Waals surface area contributed by atoms with Crippen LogP contribution in [0.4, 0.5) is 0 Å². The van der Waals surface area contributed by atoms with Crippen LogP contribution in [0.3, 0.4) is 0 Å². The van der Waals surface area contributed by atoms with Gasteiger partial charge in [0.2, 0.25) is 0 Å². The van der Waals surface area contributed by atoms with Crippen LogP contribution in [0.15, 0.2) is 137 Å². The van der Waals surface area contributed by atoms with Gasteiger partial charge in [0.1, 0.15) is 0 Å². The van der Waals surface area contributed by atoms with Gasteiger partial charge < -0.3 is 5.32 Å². The summed E-state index contributed by atoms with van der Waals surface area (Å²) in [4.78, 5) is 0. The van der Waals surface area contributed by atoms with Crippen LogP contribution < -0.4 is 5.32 Å². The first-order chi connectivity index (χ1) is 23.5. The third-order valence-electron chi connectivity index (χ3n) is 7.55. The molecule has 0 aromatic rings. The van der Waals surface area contributed by atoms with E-state index in [1.165, 1.54) is 45.4 Å². The van der Waals surface area contributed by atoms with Crippen molar-refractivity contribution >= 4 is 0 Å². The Balaban J connectivity index is -0.00000173. The fraction of sp³-hybridized carbons (Fsp3) is 0.479. The average Bonchev–Trinajstić information content (AvgIpc) is 3.40. The highest BCUT2D eigenvalue weighted by atomic mass is 14.9. The Morgan fingerprint density at radius 2 is 1.57 bits per heavy atom. The van der Waals surface area contributed by atoms with Crippen LogP contribution in [0.2, 0.25) is 0 Å². The van der Waals surface area contributed by atoms with Crippen molar-refractivity contribution in [1.82, 2.24) is 5.32 Å². The Kier molecular flexibility index (Phi) is 32.0. The molecule has 0 heterocycles. The number of allylic oxidation sites excluding steroid dienone is 14. The Bertz CT molecular complexity index is 1320. The van der Waals surface area contributed by atoms with Gasteiger partial charge in [-0.1, -0.05) is 159 Å². The smallest absolute Gasteiger partial charge is 0.0483 e. The van der Waals surface area contributed by atoms with Crippen molar-refractivity contribution in [2.45, 2.75) is 141 Å². The standard InChI is InChI=1S/C37H45N.C3H8.3C2H6.C2H4/c1-26(2)36(25-33-16-11-14-27(3)15-12-17-33)38-32(8)37-30(6)20-22-34(24-31(37)7)21-19-29(5)35-18-10-9-13-28(4)23-35;1-3-2;4*1-2/h9,11,13-14,16,18,20,23-24,29,33,36,38H,1,8,15,19,21-22,25H2,2-7H3;3H2,1-2H3;3*1-2H3;1-2H2/b16-11-,27-14-;;;;;. The topological polar surface area (TPSA) is 12.0 Å². The Morgan fingerprint density at radius 3 is 2.16 bits per heavy atom. The van der Waals surface area contributed by atoms with Crippen LogP contribution in [0.25, 0.3) is 0 Å². The minimum absolute atomic E-state index is 0.115. The second-order valence-corrected chi connectivity index (χ2v) is 11.9. The van der Waals surface area contributed by atoms with E-state index in [0.717, 1.165) is 43.4 Å². The predicted octanol–water partition coefficient (Wildman–Crippen LogP) is 14.9. The fourth-order valence-electron chi connectivity index (χ4n) is 5.15. The van der Waals surface area contributed by atoms with Crippen LogP contribution in [0, 0.1) is 23.7 Å². The van der Waals surface area contributed by atoms with E-state index in [1.807, 2.05) is 47.6 Å². The molecule has 3 atom stereocenters. The number of hydrogen-bond acceptors (Lipinski definition) is 1. The van der Waals surface area contributed by atoms with Crippen LogP contribution in [-0.2, 0) is 0 Å². The van der Waals surface area contributed by atoms with Crippen LogP contribution in [0.5, 0.6) is 0 Å². The van der Waals surface area contributed by atoms with Crippen molar-refractivity contribution in [1.29, 1.82) is 0 Å². The molecule has 0 aromatic carbocycles. The largest absolute Gasteiger partial charge is 0.379 e. The molecule has 3 unspecified atom stereocenters. The maximum Gasteiger partial charge on any atom is 0.0483 e. The van der Waals surface area contributed by atoms with Gasteiger partial charge in [-0.2, -0.15) is 0 Å². The van der Waals surface area contributed by atoms with Gasteiger partial charge >= 0.3 is 0 Å². The maximum absolute atomic E-state index is 4.49. The van der Waals surface area contributed by atoms with Gasteiger partial charge in [0.15, 0.2) is 0 Å². The van der Waals surface area contributed by atoms with Crippen molar-refractivity contribution in [3.8, 4) is 11.8 Å². The molecule has 3 aliphatic rings. The second-order valence-electron chi connectivity index (χ2n) is 11.9. The monoisotopic (exact) mass is 666 g/mol. The first-order valence-corrected chi connectivity index (χ1v) is 18.9. The van der Waals surface area contributed by atoms with Gasteiger partial charge in [0.05, 0.1) is 0 Å². The van der Waals surface area contributed by atoms with Crippen LogP contribution in [-0.4, -0.2) is 6.04 Å². The summed E-state index contributed by atoms with van der Waals surface area (Å²) < 4.78 is 0. The van der Waals surface area contributed by atoms with E-state index in [0.29, 0.717) is 5.92 Å². The van der Waals surface area contributed by atoms with Crippen molar-refractivity contribution in [3.05, 3.63) is 137 Å². The molecule has 1 nitrogen and oxygen atoms in total. The molecule has 3 aliphatic carbocycles. The minimum Gasteiger partial charge on any atom is -0.379 e. The molecule has 0 aliphatic heterocycles. The summed E-state index contributed by atoms with van der Waals surface area (Å²) >= 11 is 0. The molecule has 0 saturated heterocycles. The van der Waals surface area contributed by atoms with Crippen molar-refractivity contribution in [2.75, 3.05) is 0 Å². The Hall–Kier alpha value is -3.72. The van der Waals surface area contributed by atoms with E-state index in [-0.39, 0.29) is 12.0 Å². The maximum atomic E-state index is 4.49. The molecule has 1 heteroatoms. The van der Waals surface area contributed by atoms with Gasteiger partial charge in [-0.05, 0) is 95.1 Å². The average molecular weight is 666 g/mol. The predicted molar refractivity (Wildman–Crippen MR) is 228 cm³/mol. The lowest BCUT2D eigenvalue weighted by molar-refractivity contribution is 0.557. The fourth-order valence-corrected chi connectivity index (χ4v) is 5.15. The first-order valence-electron chi connectivity index (χ1n) is 18.9. The second kappa shape index (κ2) is 31.5. The first kappa shape index (κ1) is 49.7. The van der Waals surface area contributed by atoms with E-state index < -0.39 is 0 Å². The summed E-state index contributed by atoms with van der Waals surface area (Å²) in [6.07, 6.45) is 26.0. The Labute approximate surface area is 306 Å². The lowest BCUT2D eigenvalue weighted by Gasteiger charge is -2.25. The molecule has 0 aromatic heterocycles. The zero-order valence-corrected chi connectivity index (χ0v) is 34.5. The van der Waals surface area contributed by atoms with Gasteiger partial charge in [0.25, 0.3) is 0 Å². The molecule has 0 spiro atoms. The van der Waals surface area contributed by atoms with Crippen molar-refractivity contribution in [3.63, 3.8) is 0 Å². The van der Waals surface area contributed by atoms with Gasteiger partial charge in [-0.15, -0.1) is 18.9 Å². The van der Waals surface area contributed by atoms with E-state index in [1.54, 1.807) is 0 Å². The lowest BCUT2D eigenvalue weighted by atomic mass is 9.91. The van der Waals surface area contributed by atoms with E-state index >= 15 is 0 Å². The van der Waals surface area contributed by atoms with Crippen molar-refractivity contribution in [2.24, 2.45) is 11.8 Å². The molecule has 0 fully saturated rings.